The predicted molar refractivity (Wildman–Crippen MR) is 133 cm³/mol. The topological polar surface area (TPSA) is 83.3 Å². The van der Waals surface area contributed by atoms with Crippen LogP contribution in [0.3, 0.4) is 0 Å². The molecule has 1 atom stereocenters. The normalized spacial score (nSPS) is 16.7. The van der Waals surface area contributed by atoms with Gasteiger partial charge in [0.1, 0.15) is 24.3 Å². The van der Waals surface area contributed by atoms with Gasteiger partial charge in [0.05, 0.1) is 5.39 Å². The highest BCUT2D eigenvalue weighted by Crippen LogP contribution is 2.32. The van der Waals surface area contributed by atoms with Crippen LogP contribution in [-0.2, 0) is 13.0 Å². The number of anilines is 1. The molecule has 7 nitrogen and oxygen atoms in total. The molecule has 0 saturated carbocycles. The number of nitrogens with zero attached hydrogens (tertiary/aromatic N) is 4. The number of rotatable bonds is 7. The monoisotopic (exact) mass is 485 g/mol. The number of fused-ring (bicyclic) bond motifs is 1. The van der Waals surface area contributed by atoms with Crippen LogP contribution in [0.2, 0.25) is 0 Å². The van der Waals surface area contributed by atoms with E-state index in [9.17, 15) is 13.6 Å². The molecule has 4 rings (SSSR count). The second-order valence-corrected chi connectivity index (χ2v) is 9.68. The van der Waals surface area contributed by atoms with E-state index in [1.54, 1.807) is 23.7 Å². The van der Waals surface area contributed by atoms with Gasteiger partial charge in [-0.3, -0.25) is 4.79 Å². The van der Waals surface area contributed by atoms with Gasteiger partial charge >= 0.3 is 0 Å². The average Bonchev–Trinajstić information content (AvgIpc) is 2.86. The molecule has 0 unspecified atom stereocenters. The van der Waals surface area contributed by atoms with E-state index in [1.807, 2.05) is 13.0 Å². The number of pyridine rings is 1. The van der Waals surface area contributed by atoms with Crippen LogP contribution in [0.1, 0.15) is 62.4 Å². The molecule has 2 N–H and O–H groups in total. The fraction of sp³-hybridized carbons (Fsp3) is 0.500. The third-order valence-electron chi connectivity index (χ3n) is 7.11. The number of benzene rings is 1. The smallest absolute Gasteiger partial charge is 0.295 e. The molecule has 1 fully saturated rings. The molecule has 1 aliphatic heterocycles. The summed E-state index contributed by atoms with van der Waals surface area (Å²) in [6, 6.07) is 8.09. The van der Waals surface area contributed by atoms with Crippen LogP contribution in [0.15, 0.2) is 41.5 Å². The standard InChI is InChI=1S/C26H33F2N5O2/c1-16(2)33-10-8-18(9-11-33)22-13-21-23(25(35)32(22)4)29-15-30-24(21)31-17(3)19-6-5-7-20(12-19)26(27,28)14-34/h5-7,12-13,15-18,34H,8-11,14H2,1-4H3,(H,29,30,31)/t17-/m1/s1. The average molecular weight is 486 g/mol. The highest BCUT2D eigenvalue weighted by atomic mass is 19.3. The van der Waals surface area contributed by atoms with Crippen molar-refractivity contribution in [1.82, 2.24) is 19.4 Å². The number of aliphatic hydroxyl groups excluding tert-OH is 1. The highest BCUT2D eigenvalue weighted by molar-refractivity contribution is 5.88. The molecular formula is C26H33F2N5O2. The second kappa shape index (κ2) is 9.99. The van der Waals surface area contributed by atoms with Crippen LogP contribution < -0.4 is 10.9 Å². The lowest BCUT2D eigenvalue weighted by Crippen LogP contribution is -2.38. The number of halogens is 2. The molecule has 9 heteroatoms. The van der Waals surface area contributed by atoms with E-state index in [0.29, 0.717) is 28.3 Å². The van der Waals surface area contributed by atoms with Crippen molar-refractivity contribution < 1.29 is 13.9 Å². The second-order valence-electron chi connectivity index (χ2n) is 9.68. The number of nitrogens with one attached hydrogen (secondary N) is 1. The molecule has 188 valence electrons. The first-order valence-electron chi connectivity index (χ1n) is 12.1. The van der Waals surface area contributed by atoms with Crippen LogP contribution in [0.4, 0.5) is 14.6 Å². The lowest BCUT2D eigenvalue weighted by atomic mass is 9.91. The first-order valence-corrected chi connectivity index (χ1v) is 12.1. The third kappa shape index (κ3) is 5.06. The highest BCUT2D eigenvalue weighted by Gasteiger charge is 2.31. The molecule has 0 bridgehead atoms. The zero-order valence-electron chi connectivity index (χ0n) is 20.6. The molecular weight excluding hydrogens is 452 g/mol. The van der Waals surface area contributed by atoms with E-state index in [4.69, 9.17) is 5.11 Å². The minimum Gasteiger partial charge on any atom is -0.390 e. The largest absolute Gasteiger partial charge is 0.390 e. The zero-order chi connectivity index (χ0) is 25.3. The number of likely N-dealkylation sites (tertiary alicyclic amines) is 1. The summed E-state index contributed by atoms with van der Waals surface area (Å²) in [4.78, 5) is 24.3. The van der Waals surface area contributed by atoms with E-state index in [1.165, 1.54) is 18.5 Å². The maximum Gasteiger partial charge on any atom is 0.295 e. The van der Waals surface area contributed by atoms with Gasteiger partial charge in [-0.2, -0.15) is 8.78 Å². The van der Waals surface area contributed by atoms with E-state index < -0.39 is 12.5 Å². The molecule has 0 aliphatic carbocycles. The Morgan fingerprint density at radius 1 is 1.17 bits per heavy atom. The van der Waals surface area contributed by atoms with Crippen molar-refractivity contribution in [2.24, 2.45) is 7.05 Å². The van der Waals surface area contributed by atoms with E-state index in [0.717, 1.165) is 31.6 Å². The van der Waals surface area contributed by atoms with Crippen molar-refractivity contribution in [3.63, 3.8) is 0 Å². The summed E-state index contributed by atoms with van der Waals surface area (Å²) in [7, 11) is 1.79. The summed E-state index contributed by atoms with van der Waals surface area (Å²) in [5, 5.41) is 12.9. The maximum atomic E-state index is 14.0. The van der Waals surface area contributed by atoms with Crippen molar-refractivity contribution in [3.8, 4) is 0 Å². The minimum atomic E-state index is -3.32. The van der Waals surface area contributed by atoms with E-state index >= 15 is 0 Å². The van der Waals surface area contributed by atoms with Crippen molar-refractivity contribution in [1.29, 1.82) is 0 Å². The van der Waals surface area contributed by atoms with Gasteiger partial charge in [-0.25, -0.2) is 9.97 Å². The number of alkyl halides is 2. The van der Waals surface area contributed by atoms with Crippen molar-refractivity contribution in [3.05, 3.63) is 63.8 Å². The fourth-order valence-electron chi connectivity index (χ4n) is 4.86. The van der Waals surface area contributed by atoms with Gasteiger partial charge in [-0.15, -0.1) is 0 Å². The zero-order valence-corrected chi connectivity index (χ0v) is 20.6. The fourth-order valence-corrected chi connectivity index (χ4v) is 4.86. The number of aromatic nitrogens is 3. The maximum absolute atomic E-state index is 14.0. The summed E-state index contributed by atoms with van der Waals surface area (Å²) in [6.45, 7) is 6.95. The van der Waals surface area contributed by atoms with Gasteiger partial charge in [0.15, 0.2) is 0 Å². The molecule has 2 aromatic heterocycles. The number of hydrogen-bond donors (Lipinski definition) is 2. The Kier molecular flexibility index (Phi) is 7.19. The van der Waals surface area contributed by atoms with Gasteiger partial charge in [0, 0.05) is 36.3 Å². The number of aliphatic hydroxyl groups is 1. The van der Waals surface area contributed by atoms with Crippen LogP contribution in [0.25, 0.3) is 10.9 Å². The molecule has 3 heterocycles. The Morgan fingerprint density at radius 3 is 2.54 bits per heavy atom. The molecule has 1 aliphatic rings. The summed E-state index contributed by atoms with van der Waals surface area (Å²) >= 11 is 0. The van der Waals surface area contributed by atoms with E-state index in [-0.39, 0.29) is 23.1 Å². The third-order valence-corrected chi connectivity index (χ3v) is 7.11. The lowest BCUT2D eigenvalue weighted by Gasteiger charge is -2.35. The molecule has 0 spiro atoms. The first-order chi connectivity index (χ1) is 16.6. The van der Waals surface area contributed by atoms with Crippen molar-refractivity contribution >= 4 is 16.7 Å². The molecule has 0 radical (unpaired) electrons. The predicted octanol–water partition coefficient (Wildman–Crippen LogP) is 4.17. The van der Waals surface area contributed by atoms with Gasteiger partial charge < -0.3 is 19.9 Å². The van der Waals surface area contributed by atoms with Crippen LogP contribution in [-0.4, -0.2) is 50.3 Å². The number of hydrogen-bond acceptors (Lipinski definition) is 6. The van der Waals surface area contributed by atoms with Crippen LogP contribution >= 0.6 is 0 Å². The summed E-state index contributed by atoms with van der Waals surface area (Å²) in [6.07, 6.45) is 3.28. The quantitative estimate of drug-likeness (QED) is 0.523. The van der Waals surface area contributed by atoms with Crippen molar-refractivity contribution in [2.75, 3.05) is 25.0 Å². The lowest BCUT2D eigenvalue weighted by molar-refractivity contribution is -0.0556. The van der Waals surface area contributed by atoms with Crippen LogP contribution in [0, 0.1) is 0 Å². The molecule has 1 saturated heterocycles. The SMILES string of the molecule is CC(C)N1CCC(c2cc3c(N[C@H](C)c4cccc(C(F)(F)CO)c4)ncnc3c(=O)n2C)CC1. The van der Waals surface area contributed by atoms with Crippen molar-refractivity contribution in [2.45, 2.75) is 57.5 Å². The molecule has 1 aromatic carbocycles. The van der Waals surface area contributed by atoms with Gasteiger partial charge in [0.25, 0.3) is 11.5 Å². The summed E-state index contributed by atoms with van der Waals surface area (Å²) in [5.41, 5.74) is 1.48. The Hall–Kier alpha value is -2.91. The Bertz CT molecular complexity index is 1250. The van der Waals surface area contributed by atoms with Gasteiger partial charge in [-0.1, -0.05) is 18.2 Å². The first kappa shape index (κ1) is 25.2. The summed E-state index contributed by atoms with van der Waals surface area (Å²) < 4.78 is 29.7. The van der Waals surface area contributed by atoms with Gasteiger partial charge in [-0.05, 0) is 64.4 Å². The van der Waals surface area contributed by atoms with E-state index in [2.05, 4.69) is 34.0 Å². The Morgan fingerprint density at radius 2 is 1.89 bits per heavy atom. The Labute approximate surface area is 203 Å². The minimum absolute atomic E-state index is 0.175. The van der Waals surface area contributed by atoms with Crippen LogP contribution in [0.5, 0.6) is 0 Å². The molecule has 0 amide bonds. The number of piperidine rings is 1. The summed E-state index contributed by atoms with van der Waals surface area (Å²) in [5.74, 6) is -2.57. The molecule has 3 aromatic rings. The van der Waals surface area contributed by atoms with Gasteiger partial charge in [0.2, 0.25) is 0 Å². The molecule has 35 heavy (non-hydrogen) atoms. The Balaban J connectivity index is 1.67.